The molecule has 0 aliphatic heterocycles. The van der Waals surface area contributed by atoms with E-state index in [1.807, 2.05) is 79.8 Å². The number of benzene rings is 1. The van der Waals surface area contributed by atoms with Crippen molar-refractivity contribution >= 4 is 17.6 Å². The third-order valence-electron chi connectivity index (χ3n) is 11.6. The van der Waals surface area contributed by atoms with Gasteiger partial charge in [-0.15, -0.1) is 0 Å². The maximum absolute atomic E-state index is 14.3. The smallest absolute Gasteiger partial charge is 0.146 e. The number of ketones is 1. The second kappa shape index (κ2) is 28.2. The van der Waals surface area contributed by atoms with Gasteiger partial charge in [0.15, 0.2) is 0 Å². The van der Waals surface area contributed by atoms with Crippen LogP contribution in [-0.4, -0.2) is 12.0 Å². The van der Waals surface area contributed by atoms with E-state index in [2.05, 4.69) is 79.9 Å². The number of unbranched alkanes of at least 4 members (excludes halogenated alkanes) is 1. The lowest BCUT2D eigenvalue weighted by molar-refractivity contribution is -0.127. The molecule has 1 atom stereocenters. The summed E-state index contributed by atoms with van der Waals surface area (Å²) in [6.45, 7) is 41.5. The van der Waals surface area contributed by atoms with E-state index in [9.17, 15) is 9.18 Å². The largest absolute Gasteiger partial charge is 0.356 e. The number of allylic oxidation sites excluding steroid dienone is 8. The van der Waals surface area contributed by atoms with E-state index in [1.165, 1.54) is 63.9 Å². The van der Waals surface area contributed by atoms with E-state index < -0.39 is 11.2 Å². The molecule has 1 unspecified atom stereocenters. The summed E-state index contributed by atoms with van der Waals surface area (Å²) in [7, 11) is 0. The lowest BCUT2D eigenvalue weighted by atomic mass is 9.73. The lowest BCUT2D eigenvalue weighted by Gasteiger charge is -2.32. The molecular weight excluding hydrogens is 712 g/mol. The molecular formula is C54H89FN2O. The first kappa shape index (κ1) is 54.7. The molecule has 58 heavy (non-hydrogen) atoms. The number of aryl methyl sites for hydroxylation is 1. The molecule has 3 rings (SSSR count). The molecule has 0 bridgehead atoms. The Morgan fingerprint density at radius 3 is 2.05 bits per heavy atom. The Kier molecular flexibility index (Phi) is 26.7. The van der Waals surface area contributed by atoms with Crippen LogP contribution in [0.15, 0.2) is 89.1 Å². The molecule has 0 amide bonds. The molecule has 328 valence electrons. The van der Waals surface area contributed by atoms with Gasteiger partial charge in [0.05, 0.1) is 11.4 Å². The van der Waals surface area contributed by atoms with Gasteiger partial charge >= 0.3 is 0 Å². The highest BCUT2D eigenvalue weighted by Gasteiger charge is 2.39. The first-order valence-electron chi connectivity index (χ1n) is 22.9. The van der Waals surface area contributed by atoms with Crippen LogP contribution < -0.4 is 5.32 Å². The van der Waals surface area contributed by atoms with Gasteiger partial charge in [0.2, 0.25) is 0 Å². The summed E-state index contributed by atoms with van der Waals surface area (Å²) in [5.41, 5.74) is 6.90. The Hall–Kier alpha value is -3.27. The molecule has 1 aromatic rings. The molecule has 0 radical (unpaired) electrons. The van der Waals surface area contributed by atoms with Gasteiger partial charge in [-0.1, -0.05) is 139 Å². The van der Waals surface area contributed by atoms with Crippen LogP contribution in [0, 0.1) is 36.0 Å². The second-order valence-electron chi connectivity index (χ2n) is 18.4. The number of Topliss-reactive ketones (excluding diaryl/α,β-unsaturated/α-hetero) is 1. The van der Waals surface area contributed by atoms with E-state index >= 15 is 0 Å². The van der Waals surface area contributed by atoms with E-state index in [-0.39, 0.29) is 11.7 Å². The van der Waals surface area contributed by atoms with Gasteiger partial charge in [-0.05, 0) is 156 Å². The minimum atomic E-state index is -0.564. The van der Waals surface area contributed by atoms with Gasteiger partial charge < -0.3 is 5.32 Å². The third kappa shape index (κ3) is 19.7. The summed E-state index contributed by atoms with van der Waals surface area (Å²) in [4.78, 5) is 17.8. The average molecular weight is 801 g/mol. The van der Waals surface area contributed by atoms with Gasteiger partial charge in [-0.25, -0.2) is 4.39 Å². The quantitative estimate of drug-likeness (QED) is 0.112. The van der Waals surface area contributed by atoms with Gasteiger partial charge in [-0.2, -0.15) is 0 Å². The molecule has 0 heterocycles. The summed E-state index contributed by atoms with van der Waals surface area (Å²) in [6.07, 6.45) is 24.3. The highest BCUT2D eigenvalue weighted by atomic mass is 19.1. The zero-order valence-corrected chi connectivity index (χ0v) is 40.6. The number of nitrogens with one attached hydrogen (secondary N) is 1. The highest BCUT2D eigenvalue weighted by Crippen LogP contribution is 2.52. The van der Waals surface area contributed by atoms with E-state index in [0.29, 0.717) is 5.70 Å². The van der Waals surface area contributed by atoms with Crippen molar-refractivity contribution in [2.45, 2.75) is 193 Å². The van der Waals surface area contributed by atoms with Crippen molar-refractivity contribution in [1.82, 2.24) is 5.32 Å². The molecule has 2 aliphatic carbocycles. The van der Waals surface area contributed by atoms with Crippen molar-refractivity contribution in [3.05, 3.63) is 101 Å². The Morgan fingerprint density at radius 2 is 1.64 bits per heavy atom. The molecule has 0 saturated heterocycles. The number of carbonyl (C=O) groups is 1. The van der Waals surface area contributed by atoms with Crippen LogP contribution in [0.2, 0.25) is 0 Å². The summed E-state index contributed by atoms with van der Waals surface area (Å²) in [5.74, 6) is 2.83. The van der Waals surface area contributed by atoms with Gasteiger partial charge in [-0.3, -0.25) is 9.79 Å². The predicted molar refractivity (Wildman–Crippen MR) is 258 cm³/mol. The number of halogens is 1. The van der Waals surface area contributed by atoms with Crippen molar-refractivity contribution < 1.29 is 9.18 Å². The Morgan fingerprint density at radius 1 is 1.03 bits per heavy atom. The van der Waals surface area contributed by atoms with Crippen molar-refractivity contribution in [2.24, 2.45) is 34.1 Å². The van der Waals surface area contributed by atoms with Gasteiger partial charge in [0, 0.05) is 23.2 Å². The summed E-state index contributed by atoms with van der Waals surface area (Å²) in [6, 6.07) is 6.16. The maximum Gasteiger partial charge on any atom is 0.146 e. The Labute approximate surface area is 359 Å². The van der Waals surface area contributed by atoms with Crippen LogP contribution in [0.4, 0.5) is 4.39 Å². The highest BCUT2D eigenvalue weighted by molar-refractivity contribution is 5.91. The maximum atomic E-state index is 14.3. The third-order valence-corrected chi connectivity index (χ3v) is 11.6. The Bertz CT molecular complexity index is 1550. The molecule has 4 heteroatoms. The Balaban J connectivity index is 0.00000130. The van der Waals surface area contributed by atoms with Crippen molar-refractivity contribution in [1.29, 1.82) is 0 Å². The number of rotatable bonds is 19. The van der Waals surface area contributed by atoms with Gasteiger partial charge in [0.25, 0.3) is 0 Å². The van der Waals surface area contributed by atoms with Crippen molar-refractivity contribution in [3.63, 3.8) is 0 Å². The van der Waals surface area contributed by atoms with E-state index in [1.54, 1.807) is 12.2 Å². The average Bonchev–Trinajstić information content (AvgIpc) is 3.95. The summed E-state index contributed by atoms with van der Waals surface area (Å²) < 4.78 is 14.3. The minimum absolute atomic E-state index is 0.0141. The number of aliphatic imine (C=N–C) groups is 1. The molecule has 2 saturated carbocycles. The van der Waals surface area contributed by atoms with Crippen LogP contribution >= 0.6 is 0 Å². The number of carbonyl (C=O) groups excluding carboxylic acids is 1. The molecule has 2 aliphatic rings. The van der Waals surface area contributed by atoms with Crippen LogP contribution in [0.25, 0.3) is 5.57 Å². The zero-order chi connectivity index (χ0) is 44.6. The summed E-state index contributed by atoms with van der Waals surface area (Å²) >= 11 is 0. The number of hydrogen-bond acceptors (Lipinski definition) is 3. The minimum Gasteiger partial charge on any atom is -0.356 e. The van der Waals surface area contributed by atoms with E-state index in [4.69, 9.17) is 4.99 Å². The normalized spacial score (nSPS) is 18.6. The molecule has 1 N–H and O–H groups in total. The van der Waals surface area contributed by atoms with Crippen LogP contribution in [0.1, 0.15) is 198 Å². The molecule has 3 nitrogen and oxygen atoms in total. The number of nitrogens with zero attached hydrogens (tertiary/aromatic N) is 1. The molecule has 1 aromatic carbocycles. The lowest BCUT2D eigenvalue weighted by Crippen LogP contribution is -2.34. The summed E-state index contributed by atoms with van der Waals surface area (Å²) in [5, 5.41) is 3.16. The predicted octanol–water partition coefficient (Wildman–Crippen LogP) is 17.0. The monoisotopic (exact) mass is 801 g/mol. The van der Waals surface area contributed by atoms with Crippen LogP contribution in [0.5, 0.6) is 0 Å². The first-order chi connectivity index (χ1) is 27.2. The van der Waals surface area contributed by atoms with Gasteiger partial charge in [0.1, 0.15) is 11.6 Å². The SMILES string of the molecule is C=C/C(F)=C(\C=C/C)N/C(C)=C(C)/C(=C\C(=C)c1ccc(C(C)(C)C(=O)C(C)CC)c(C)c1)N=CCCC.CC(C)C.CCCC1(CC)CC1.CCCC1CC(C)C1. The fraction of sp³-hybridized carbons (Fsp3) is 0.630. The fourth-order valence-electron chi connectivity index (χ4n) is 7.43. The number of hydrogen-bond donors (Lipinski definition) is 1. The van der Waals surface area contributed by atoms with Crippen LogP contribution in [-0.2, 0) is 10.2 Å². The molecule has 0 aromatic heterocycles. The molecule has 0 spiro atoms. The first-order valence-corrected chi connectivity index (χ1v) is 22.9. The topological polar surface area (TPSA) is 41.5 Å². The van der Waals surface area contributed by atoms with E-state index in [0.717, 1.165) is 81.7 Å². The standard InChI is InChI=1S/C34H47FN2O.2C8H16.C4H10/c1-12-16-20-36-32(26(8)27(9)37-31(17-13-2)30(35)15-4)22-24(6)28-18-19-29(25(7)21-28)34(10,11)33(38)23(5)14-3;1-3-4-8-5-7(2)6-8;1-3-5-8(4-2)6-7-8;1-4(2)3/h13,15,17-23,37H,4,6,12,14,16H2,1-3,5,7-11H3;7-8H,3-6H2,1-2H3;3-7H2,1-2H3;4H,1-3H3/b17-13-,27-26+,31-30-,32-22+,36-20?;;;. The van der Waals surface area contributed by atoms with Crippen LogP contribution in [0.3, 0.4) is 0 Å². The second-order valence-corrected chi connectivity index (χ2v) is 18.4. The van der Waals surface area contributed by atoms with Crippen molar-refractivity contribution in [3.8, 4) is 0 Å². The fourth-order valence-corrected chi connectivity index (χ4v) is 7.43. The van der Waals surface area contributed by atoms with Crippen molar-refractivity contribution in [2.75, 3.05) is 0 Å². The zero-order valence-electron chi connectivity index (χ0n) is 40.6. The molecule has 2 fully saturated rings.